The molecule has 1 aliphatic heterocycles. The maximum atomic E-state index is 10.8. The molecule has 4 rings (SSSR count). The van der Waals surface area contributed by atoms with Crippen LogP contribution >= 0.6 is 0 Å². The van der Waals surface area contributed by atoms with Crippen molar-refractivity contribution in [2.24, 2.45) is 11.3 Å². The predicted octanol–water partition coefficient (Wildman–Crippen LogP) is 3.44. The number of aromatic nitrogens is 1. The number of aliphatic hydroxyl groups excluding tert-OH is 1. The first-order chi connectivity index (χ1) is 10.9. The summed E-state index contributed by atoms with van der Waals surface area (Å²) in [6, 6.07) is 6.94. The fourth-order valence-corrected chi connectivity index (χ4v) is 4.33. The fourth-order valence-electron chi connectivity index (χ4n) is 4.33. The Kier molecular flexibility index (Phi) is 3.23. The Morgan fingerprint density at radius 2 is 2.09 bits per heavy atom. The average Bonchev–Trinajstić information content (AvgIpc) is 2.91. The molecule has 0 fully saturated rings. The van der Waals surface area contributed by atoms with Crippen molar-refractivity contribution in [3.8, 4) is 0 Å². The Labute approximate surface area is 138 Å². The first-order valence-electron chi connectivity index (χ1n) is 8.55. The summed E-state index contributed by atoms with van der Waals surface area (Å²) in [5, 5.41) is 12.2. The van der Waals surface area contributed by atoms with Crippen LogP contribution in [0.15, 0.2) is 30.5 Å². The molecule has 1 unspecified atom stereocenters. The Morgan fingerprint density at radius 3 is 2.83 bits per heavy atom. The van der Waals surface area contributed by atoms with E-state index < -0.39 is 0 Å². The van der Waals surface area contributed by atoms with Gasteiger partial charge in [-0.05, 0) is 41.6 Å². The van der Waals surface area contributed by atoms with Crippen LogP contribution in [0.5, 0.6) is 0 Å². The molecule has 1 aromatic heterocycles. The lowest BCUT2D eigenvalue weighted by atomic mass is 9.74. The number of hydrogen-bond acceptors (Lipinski definition) is 2. The third kappa shape index (κ3) is 2.26. The summed E-state index contributed by atoms with van der Waals surface area (Å²) < 4.78 is 0. The first-order valence-corrected chi connectivity index (χ1v) is 8.55. The molecule has 0 bridgehead atoms. The monoisotopic (exact) mass is 310 g/mol. The second-order valence-corrected chi connectivity index (χ2v) is 8.30. The minimum absolute atomic E-state index is 0.102. The summed E-state index contributed by atoms with van der Waals surface area (Å²) >= 11 is 0. The van der Waals surface area contributed by atoms with Crippen LogP contribution in [0.3, 0.4) is 0 Å². The molecule has 3 atom stereocenters. The minimum Gasteiger partial charge on any atom is -0.392 e. The molecule has 2 heterocycles. The van der Waals surface area contributed by atoms with Gasteiger partial charge in [0.2, 0.25) is 0 Å². The number of aromatic amines is 1. The van der Waals surface area contributed by atoms with Gasteiger partial charge in [0.05, 0.1) is 6.10 Å². The lowest BCUT2D eigenvalue weighted by Gasteiger charge is -2.43. The molecule has 2 N–H and O–H groups in total. The van der Waals surface area contributed by atoms with Gasteiger partial charge in [-0.3, -0.25) is 4.90 Å². The molecule has 1 aromatic carbocycles. The molecular formula is C20H26N2O. The average molecular weight is 310 g/mol. The number of nitrogens with one attached hydrogen (secondary N) is 1. The molecule has 23 heavy (non-hydrogen) atoms. The third-order valence-electron chi connectivity index (χ3n) is 5.59. The molecule has 0 saturated carbocycles. The first kappa shape index (κ1) is 15.0. The van der Waals surface area contributed by atoms with Crippen LogP contribution in [-0.4, -0.2) is 40.7 Å². The number of fused-ring (bicyclic) bond motifs is 2. The van der Waals surface area contributed by atoms with Gasteiger partial charge in [0.1, 0.15) is 0 Å². The topological polar surface area (TPSA) is 39.3 Å². The number of benzene rings is 1. The van der Waals surface area contributed by atoms with E-state index in [-0.39, 0.29) is 17.4 Å². The highest BCUT2D eigenvalue weighted by molar-refractivity contribution is 5.98. The maximum Gasteiger partial charge on any atom is 0.0663 e. The fraction of sp³-hybridized carbons (Fsp3) is 0.500. The highest BCUT2D eigenvalue weighted by Crippen LogP contribution is 2.42. The van der Waals surface area contributed by atoms with E-state index in [1.54, 1.807) is 0 Å². The van der Waals surface area contributed by atoms with Crippen molar-refractivity contribution in [2.75, 3.05) is 13.6 Å². The van der Waals surface area contributed by atoms with Gasteiger partial charge in [-0.15, -0.1) is 0 Å². The van der Waals surface area contributed by atoms with Crippen LogP contribution < -0.4 is 0 Å². The summed E-state index contributed by atoms with van der Waals surface area (Å²) in [6.45, 7) is 7.28. The van der Waals surface area contributed by atoms with Gasteiger partial charge in [-0.25, -0.2) is 0 Å². The normalized spacial score (nSPS) is 26.0. The van der Waals surface area contributed by atoms with Gasteiger partial charge in [0.25, 0.3) is 0 Å². The van der Waals surface area contributed by atoms with Crippen molar-refractivity contribution in [1.29, 1.82) is 0 Å². The van der Waals surface area contributed by atoms with Crippen molar-refractivity contribution in [3.63, 3.8) is 0 Å². The van der Waals surface area contributed by atoms with Crippen molar-refractivity contribution >= 4 is 16.5 Å². The summed E-state index contributed by atoms with van der Waals surface area (Å²) in [5.41, 5.74) is 5.27. The van der Waals surface area contributed by atoms with E-state index in [1.165, 1.54) is 27.6 Å². The van der Waals surface area contributed by atoms with Crippen LogP contribution in [0, 0.1) is 11.3 Å². The molecular weight excluding hydrogens is 284 g/mol. The second-order valence-electron chi connectivity index (χ2n) is 8.30. The molecule has 2 aromatic rings. The van der Waals surface area contributed by atoms with Crippen molar-refractivity contribution in [3.05, 3.63) is 41.6 Å². The van der Waals surface area contributed by atoms with Gasteiger partial charge < -0.3 is 10.1 Å². The number of aliphatic hydroxyl groups is 1. The third-order valence-corrected chi connectivity index (χ3v) is 5.59. The summed E-state index contributed by atoms with van der Waals surface area (Å²) in [5.74, 6) is 0.182. The Balaban J connectivity index is 1.85. The minimum atomic E-state index is -0.328. The largest absolute Gasteiger partial charge is 0.392 e. The van der Waals surface area contributed by atoms with Crippen LogP contribution in [0.2, 0.25) is 0 Å². The molecule has 2 aliphatic rings. The molecule has 0 radical (unpaired) electrons. The Bertz CT molecular complexity index is 781. The van der Waals surface area contributed by atoms with Crippen LogP contribution in [0.4, 0.5) is 0 Å². The van der Waals surface area contributed by atoms with Gasteiger partial charge >= 0.3 is 0 Å². The highest BCUT2D eigenvalue weighted by Gasteiger charge is 2.38. The van der Waals surface area contributed by atoms with Gasteiger partial charge in [0.15, 0.2) is 0 Å². The summed E-state index contributed by atoms with van der Waals surface area (Å²) in [7, 11) is 2.19. The number of hydrogen-bond donors (Lipinski definition) is 2. The molecule has 3 nitrogen and oxygen atoms in total. The second kappa shape index (κ2) is 4.96. The summed E-state index contributed by atoms with van der Waals surface area (Å²) in [6.07, 6.45) is 5.24. The lowest BCUT2D eigenvalue weighted by Crippen LogP contribution is -2.47. The molecule has 3 heteroatoms. The van der Waals surface area contributed by atoms with Crippen molar-refractivity contribution < 1.29 is 5.11 Å². The molecule has 1 aliphatic carbocycles. The zero-order valence-electron chi connectivity index (χ0n) is 14.4. The Morgan fingerprint density at radius 1 is 1.30 bits per heavy atom. The summed E-state index contributed by atoms with van der Waals surface area (Å²) in [4.78, 5) is 5.83. The maximum absolute atomic E-state index is 10.8. The van der Waals surface area contributed by atoms with Crippen LogP contribution in [0.25, 0.3) is 16.5 Å². The zero-order valence-corrected chi connectivity index (χ0v) is 14.4. The van der Waals surface area contributed by atoms with E-state index in [4.69, 9.17) is 0 Å². The lowest BCUT2D eigenvalue weighted by molar-refractivity contribution is 0.0127. The molecule has 0 amide bonds. The van der Waals surface area contributed by atoms with E-state index >= 15 is 0 Å². The van der Waals surface area contributed by atoms with E-state index in [9.17, 15) is 5.11 Å². The van der Waals surface area contributed by atoms with Gasteiger partial charge in [0, 0.05) is 35.6 Å². The SMILES string of the molecule is CN1C[C@H](C(O)C(C)(C)C)C=C2c3cccc4[nH]cc(c34)C[C@H]21. The van der Waals surface area contributed by atoms with Crippen LogP contribution in [-0.2, 0) is 6.42 Å². The smallest absolute Gasteiger partial charge is 0.0663 e. The molecule has 0 spiro atoms. The number of likely N-dealkylation sites (N-methyl/N-ethyl adjacent to an activating group) is 1. The quantitative estimate of drug-likeness (QED) is 0.847. The molecule has 122 valence electrons. The van der Waals surface area contributed by atoms with E-state index in [0.717, 1.165) is 13.0 Å². The van der Waals surface area contributed by atoms with Gasteiger partial charge in [-0.2, -0.15) is 0 Å². The number of nitrogens with zero attached hydrogens (tertiary/aromatic N) is 1. The Hall–Kier alpha value is -1.58. The highest BCUT2D eigenvalue weighted by atomic mass is 16.3. The predicted molar refractivity (Wildman–Crippen MR) is 95.3 cm³/mol. The number of rotatable bonds is 1. The van der Waals surface area contributed by atoms with Crippen molar-refractivity contribution in [2.45, 2.75) is 39.3 Å². The van der Waals surface area contributed by atoms with E-state index in [1.807, 2.05) is 0 Å². The van der Waals surface area contributed by atoms with E-state index in [0.29, 0.717) is 6.04 Å². The molecule has 0 saturated heterocycles. The number of H-pyrrole nitrogens is 1. The van der Waals surface area contributed by atoms with E-state index in [2.05, 4.69) is 68.2 Å². The van der Waals surface area contributed by atoms with Crippen LogP contribution in [0.1, 0.15) is 31.9 Å². The zero-order chi connectivity index (χ0) is 16.4. The van der Waals surface area contributed by atoms with Crippen molar-refractivity contribution in [1.82, 2.24) is 9.88 Å². The van der Waals surface area contributed by atoms with Gasteiger partial charge in [-0.1, -0.05) is 39.0 Å². The standard InChI is InChI=1S/C20H26N2O/c1-20(2,3)19(23)13-8-15-14-6-5-7-16-18(14)12(10-21-16)9-17(15)22(4)11-13/h5-8,10,13,17,19,21,23H,9,11H2,1-4H3/t13-,17-,19?/m1/s1.